The van der Waals surface area contributed by atoms with Crippen LogP contribution in [0.3, 0.4) is 0 Å². The van der Waals surface area contributed by atoms with Crippen molar-refractivity contribution in [1.29, 1.82) is 0 Å². The second-order valence-corrected chi connectivity index (χ2v) is 5.27. The summed E-state index contributed by atoms with van der Waals surface area (Å²) in [6.07, 6.45) is 0. The van der Waals surface area contributed by atoms with Gasteiger partial charge in [0.15, 0.2) is 6.61 Å². The minimum absolute atomic E-state index is 0.101. The first-order valence-corrected chi connectivity index (χ1v) is 7.51. The van der Waals surface area contributed by atoms with Crippen molar-refractivity contribution in [2.45, 2.75) is 0 Å². The van der Waals surface area contributed by atoms with Crippen LogP contribution in [-0.4, -0.2) is 29.3 Å². The van der Waals surface area contributed by atoms with Crippen LogP contribution in [0.5, 0.6) is 0 Å². The van der Waals surface area contributed by atoms with Crippen LogP contribution >= 0.6 is 11.6 Å². The van der Waals surface area contributed by atoms with Crippen molar-refractivity contribution in [1.82, 2.24) is 10.9 Å². The Bertz CT molecular complexity index is 853. The molecule has 0 aromatic heterocycles. The van der Waals surface area contributed by atoms with Crippen molar-refractivity contribution in [2.24, 2.45) is 0 Å². The van der Waals surface area contributed by atoms with E-state index < -0.39 is 29.3 Å². The summed E-state index contributed by atoms with van der Waals surface area (Å²) in [4.78, 5) is 45.2. The van der Waals surface area contributed by atoms with Gasteiger partial charge in [0.25, 0.3) is 17.5 Å². The highest BCUT2D eigenvalue weighted by atomic mass is 35.5. The fraction of sp³-hybridized carbons (Fsp3) is 0.0625. The molecule has 2 N–H and O–H groups in total. The Kier molecular flexibility index (Phi) is 6.23. The molecule has 0 fully saturated rings. The van der Waals surface area contributed by atoms with E-state index in [2.05, 4.69) is 10.9 Å². The van der Waals surface area contributed by atoms with E-state index >= 15 is 0 Å². The third kappa shape index (κ3) is 5.02. The maximum Gasteiger partial charge on any atom is 0.340 e. The molecule has 26 heavy (non-hydrogen) atoms. The van der Waals surface area contributed by atoms with Crippen LogP contribution in [0.15, 0.2) is 48.5 Å². The van der Waals surface area contributed by atoms with Crippen LogP contribution in [0.25, 0.3) is 0 Å². The number of nitro groups is 1. The molecular weight excluding hydrogens is 366 g/mol. The number of nitrogens with one attached hydrogen (secondary N) is 2. The highest BCUT2D eigenvalue weighted by Crippen LogP contribution is 2.15. The Morgan fingerprint density at radius 3 is 2.31 bits per heavy atom. The minimum Gasteiger partial charge on any atom is -0.452 e. The quantitative estimate of drug-likeness (QED) is 0.465. The second-order valence-electron chi connectivity index (χ2n) is 4.86. The zero-order valence-electron chi connectivity index (χ0n) is 13.1. The lowest BCUT2D eigenvalue weighted by atomic mass is 10.2. The van der Waals surface area contributed by atoms with Crippen molar-refractivity contribution in [3.63, 3.8) is 0 Å². The predicted octanol–water partition coefficient (Wildman–Crippen LogP) is 1.87. The molecular formula is C16H12ClN3O6. The average molecular weight is 378 g/mol. The number of esters is 1. The highest BCUT2D eigenvalue weighted by Gasteiger charge is 2.14. The number of non-ortho nitro benzene ring substituents is 1. The van der Waals surface area contributed by atoms with Gasteiger partial charge >= 0.3 is 5.97 Å². The zero-order chi connectivity index (χ0) is 19.1. The number of nitrogens with zero attached hydrogens (tertiary/aromatic N) is 1. The number of rotatable bonds is 5. The SMILES string of the molecule is O=C(COC(=O)c1ccccc1Cl)NNC(=O)c1ccc([N+](=O)[O-])cc1. The van der Waals surface area contributed by atoms with E-state index in [0.29, 0.717) is 0 Å². The Hall–Kier alpha value is -3.46. The van der Waals surface area contributed by atoms with Gasteiger partial charge in [0.2, 0.25) is 0 Å². The Labute approximate surface area is 152 Å². The Balaban J connectivity index is 1.81. The lowest BCUT2D eigenvalue weighted by Gasteiger charge is -2.08. The maximum absolute atomic E-state index is 11.8. The minimum atomic E-state index is -0.785. The van der Waals surface area contributed by atoms with Gasteiger partial charge in [-0.2, -0.15) is 0 Å². The van der Waals surface area contributed by atoms with Crippen LogP contribution in [0.1, 0.15) is 20.7 Å². The summed E-state index contributed by atoms with van der Waals surface area (Å²) in [6, 6.07) is 11.0. The van der Waals surface area contributed by atoms with E-state index in [0.717, 1.165) is 12.1 Å². The summed E-state index contributed by atoms with van der Waals surface area (Å²) >= 11 is 5.84. The van der Waals surface area contributed by atoms with Crippen LogP contribution < -0.4 is 10.9 Å². The predicted molar refractivity (Wildman–Crippen MR) is 90.4 cm³/mol. The van der Waals surface area contributed by atoms with Gasteiger partial charge in [-0.05, 0) is 24.3 Å². The van der Waals surface area contributed by atoms with E-state index in [4.69, 9.17) is 16.3 Å². The van der Waals surface area contributed by atoms with Crippen molar-refractivity contribution >= 4 is 35.1 Å². The molecule has 0 radical (unpaired) electrons. The maximum atomic E-state index is 11.8. The summed E-state index contributed by atoms with van der Waals surface area (Å²) in [5, 5.41) is 10.7. The molecule has 0 aliphatic carbocycles. The van der Waals surface area contributed by atoms with Gasteiger partial charge in [0, 0.05) is 17.7 Å². The number of hydrazine groups is 1. The van der Waals surface area contributed by atoms with Crippen molar-refractivity contribution in [2.75, 3.05) is 6.61 Å². The third-order valence-corrected chi connectivity index (χ3v) is 3.41. The van der Waals surface area contributed by atoms with E-state index in [1.54, 1.807) is 12.1 Å². The van der Waals surface area contributed by atoms with Gasteiger partial charge < -0.3 is 4.74 Å². The largest absolute Gasteiger partial charge is 0.452 e. The van der Waals surface area contributed by atoms with Crippen molar-refractivity contribution < 1.29 is 24.0 Å². The van der Waals surface area contributed by atoms with Gasteiger partial charge in [-0.3, -0.25) is 30.6 Å². The molecule has 0 aliphatic rings. The molecule has 0 saturated heterocycles. The fourth-order valence-electron chi connectivity index (χ4n) is 1.80. The van der Waals surface area contributed by atoms with Crippen molar-refractivity contribution in [3.05, 3.63) is 74.8 Å². The van der Waals surface area contributed by atoms with E-state index in [1.165, 1.54) is 24.3 Å². The smallest absolute Gasteiger partial charge is 0.340 e. The molecule has 0 saturated carbocycles. The van der Waals surface area contributed by atoms with E-state index in [-0.39, 0.29) is 21.8 Å². The summed E-state index contributed by atoms with van der Waals surface area (Å²) in [7, 11) is 0. The van der Waals surface area contributed by atoms with Gasteiger partial charge in [-0.25, -0.2) is 4.79 Å². The lowest BCUT2D eigenvalue weighted by molar-refractivity contribution is -0.384. The molecule has 9 nitrogen and oxygen atoms in total. The molecule has 0 heterocycles. The molecule has 0 spiro atoms. The molecule has 0 bridgehead atoms. The van der Waals surface area contributed by atoms with Gasteiger partial charge in [-0.1, -0.05) is 23.7 Å². The molecule has 2 amide bonds. The van der Waals surface area contributed by atoms with Crippen LogP contribution in [-0.2, 0) is 9.53 Å². The monoisotopic (exact) mass is 377 g/mol. The summed E-state index contributed by atoms with van der Waals surface area (Å²) in [6.45, 7) is -0.634. The molecule has 2 aromatic rings. The number of hydrogen-bond acceptors (Lipinski definition) is 6. The average Bonchev–Trinajstić information content (AvgIpc) is 2.64. The number of amides is 2. The number of benzene rings is 2. The Morgan fingerprint density at radius 2 is 1.69 bits per heavy atom. The summed E-state index contributed by atoms with van der Waals surface area (Å²) in [5.41, 5.74) is 4.19. The number of nitro benzene ring substituents is 1. The normalized spacial score (nSPS) is 9.88. The van der Waals surface area contributed by atoms with Gasteiger partial charge in [-0.15, -0.1) is 0 Å². The van der Waals surface area contributed by atoms with Crippen molar-refractivity contribution in [3.8, 4) is 0 Å². The molecule has 134 valence electrons. The van der Waals surface area contributed by atoms with Crippen LogP contribution in [0.4, 0.5) is 5.69 Å². The van der Waals surface area contributed by atoms with Crippen LogP contribution in [0, 0.1) is 10.1 Å². The highest BCUT2D eigenvalue weighted by molar-refractivity contribution is 6.33. The first kappa shape index (κ1) is 18.9. The molecule has 2 aromatic carbocycles. The summed E-state index contributed by atoms with van der Waals surface area (Å²) in [5.74, 6) is -2.25. The Morgan fingerprint density at radius 1 is 1.04 bits per heavy atom. The topological polar surface area (TPSA) is 128 Å². The third-order valence-electron chi connectivity index (χ3n) is 3.08. The fourth-order valence-corrected chi connectivity index (χ4v) is 2.02. The van der Waals surface area contributed by atoms with Crippen LogP contribution in [0.2, 0.25) is 5.02 Å². The number of carbonyl (C=O) groups excluding carboxylic acids is 3. The van der Waals surface area contributed by atoms with E-state index in [1.807, 2.05) is 0 Å². The molecule has 0 atom stereocenters. The zero-order valence-corrected chi connectivity index (χ0v) is 13.9. The van der Waals surface area contributed by atoms with Gasteiger partial charge in [0.1, 0.15) is 0 Å². The first-order chi connectivity index (χ1) is 12.4. The summed E-state index contributed by atoms with van der Waals surface area (Å²) < 4.78 is 4.79. The molecule has 0 aliphatic heterocycles. The lowest BCUT2D eigenvalue weighted by Crippen LogP contribution is -2.43. The number of halogens is 1. The molecule has 2 rings (SSSR count). The number of carbonyl (C=O) groups is 3. The number of hydrogen-bond donors (Lipinski definition) is 2. The molecule has 10 heteroatoms. The second kappa shape index (κ2) is 8.58. The first-order valence-electron chi connectivity index (χ1n) is 7.14. The number of ether oxygens (including phenoxy) is 1. The standard InChI is InChI=1S/C16H12ClN3O6/c17-13-4-2-1-3-12(13)16(23)26-9-14(21)18-19-15(22)10-5-7-11(8-6-10)20(24)25/h1-8H,9H2,(H,18,21)(H,19,22). The van der Waals surface area contributed by atoms with Gasteiger partial charge in [0.05, 0.1) is 15.5 Å². The molecule has 0 unspecified atom stereocenters. The van der Waals surface area contributed by atoms with E-state index in [9.17, 15) is 24.5 Å².